The fourth-order valence-corrected chi connectivity index (χ4v) is 2.07. The van der Waals surface area contributed by atoms with Crippen molar-refractivity contribution < 1.29 is 0 Å². The highest BCUT2D eigenvalue weighted by atomic mass is 35.6. The second kappa shape index (κ2) is 5.16. The molecule has 11 heavy (non-hydrogen) atoms. The zero-order chi connectivity index (χ0) is 7.40. The van der Waals surface area contributed by atoms with Gasteiger partial charge in [0.15, 0.2) is 8.11 Å². The maximum absolute atomic E-state index is 6.01. The molecule has 0 radical (unpaired) electrons. The van der Waals surface area contributed by atoms with E-state index in [0.29, 0.717) is 0 Å². The van der Waals surface area contributed by atoms with Crippen molar-refractivity contribution in [3.8, 4) is 0 Å². The Bertz CT molecular complexity index is 208. The molecule has 1 rings (SSSR count). The molecule has 0 saturated heterocycles. The molecule has 0 saturated carbocycles. The predicted molar refractivity (Wildman–Crippen MR) is 56.0 cm³/mol. The minimum Gasteiger partial charge on any atom is -0.160 e. The molecule has 1 atom stereocenters. The van der Waals surface area contributed by atoms with Gasteiger partial charge in [-0.05, 0) is 5.19 Å². The van der Waals surface area contributed by atoms with Gasteiger partial charge >= 0.3 is 0 Å². The van der Waals surface area contributed by atoms with E-state index in [0.717, 1.165) is 0 Å². The first kappa shape index (κ1) is 10.5. The largest absolute Gasteiger partial charge is 0.194 e. The minimum absolute atomic E-state index is 0. The third kappa shape index (κ3) is 2.91. The number of hydrogen-bond donors (Lipinski definition) is 0. The predicted octanol–water partition coefficient (Wildman–Crippen LogP) is 2.22. The molecule has 60 valence electrons. The summed E-state index contributed by atoms with van der Waals surface area (Å²) in [6.07, 6.45) is 0. The van der Waals surface area contributed by atoms with Crippen molar-refractivity contribution in [3.63, 3.8) is 0 Å². The topological polar surface area (TPSA) is 0 Å². The van der Waals surface area contributed by atoms with Crippen LogP contribution in [0.25, 0.3) is 0 Å². The van der Waals surface area contributed by atoms with Gasteiger partial charge in [0.25, 0.3) is 0 Å². The first-order valence-corrected chi connectivity index (χ1v) is 6.15. The lowest BCUT2D eigenvalue weighted by Crippen LogP contribution is -2.20. The van der Waals surface area contributed by atoms with Gasteiger partial charge in [0.05, 0.1) is 0 Å². The van der Waals surface area contributed by atoms with Crippen LogP contribution in [0.5, 0.6) is 0 Å². The van der Waals surface area contributed by atoms with E-state index < -0.39 is 8.11 Å². The van der Waals surface area contributed by atoms with Crippen molar-refractivity contribution in [1.29, 1.82) is 0 Å². The average molecular weight is 185 g/mol. The SMILES string of the molecule is C.C=C[SiH](Cl)c1ccccc1. The highest BCUT2D eigenvalue weighted by molar-refractivity contribution is 7.17. The third-order valence-electron chi connectivity index (χ3n) is 1.32. The van der Waals surface area contributed by atoms with Crippen LogP contribution in [0.15, 0.2) is 42.6 Å². The fraction of sp³-hybridized carbons (Fsp3) is 0.111. The van der Waals surface area contributed by atoms with Crippen LogP contribution in [-0.2, 0) is 0 Å². The van der Waals surface area contributed by atoms with Crippen molar-refractivity contribution >= 4 is 24.4 Å². The Kier molecular flexibility index (Phi) is 4.91. The summed E-state index contributed by atoms with van der Waals surface area (Å²) in [4.78, 5) is 0. The molecule has 0 nitrogen and oxygen atoms in total. The summed E-state index contributed by atoms with van der Waals surface area (Å²) < 4.78 is 0. The zero-order valence-electron chi connectivity index (χ0n) is 5.63. The quantitative estimate of drug-likeness (QED) is 0.489. The van der Waals surface area contributed by atoms with Gasteiger partial charge in [0.2, 0.25) is 0 Å². The lowest BCUT2D eigenvalue weighted by molar-refractivity contribution is 1.77. The van der Waals surface area contributed by atoms with E-state index in [1.807, 2.05) is 36.0 Å². The summed E-state index contributed by atoms with van der Waals surface area (Å²) in [6, 6.07) is 10.1. The highest BCUT2D eigenvalue weighted by Crippen LogP contribution is 1.92. The summed E-state index contributed by atoms with van der Waals surface area (Å²) in [5.41, 5.74) is 1.86. The molecule has 2 heteroatoms. The Balaban J connectivity index is 0.000001000. The molecule has 0 aliphatic carbocycles. The van der Waals surface area contributed by atoms with E-state index in [2.05, 4.69) is 6.58 Å². The summed E-state index contributed by atoms with van der Waals surface area (Å²) in [5.74, 6) is 0. The Labute approximate surface area is 74.8 Å². The summed E-state index contributed by atoms with van der Waals surface area (Å²) in [5, 5.41) is 1.24. The first-order chi connectivity index (χ1) is 4.84. The third-order valence-corrected chi connectivity index (χ3v) is 4.05. The zero-order valence-corrected chi connectivity index (χ0v) is 7.54. The van der Waals surface area contributed by atoms with Gasteiger partial charge in [-0.2, -0.15) is 11.1 Å². The van der Waals surface area contributed by atoms with Crippen LogP contribution in [0.3, 0.4) is 0 Å². The summed E-state index contributed by atoms with van der Waals surface area (Å²) >= 11 is 6.01. The average Bonchev–Trinajstić information content (AvgIpc) is 2.05. The molecule has 0 heterocycles. The van der Waals surface area contributed by atoms with Gasteiger partial charge in [-0.1, -0.05) is 43.5 Å². The van der Waals surface area contributed by atoms with Crippen LogP contribution >= 0.6 is 11.1 Å². The first-order valence-electron chi connectivity index (χ1n) is 3.16. The number of rotatable bonds is 2. The monoisotopic (exact) mass is 184 g/mol. The molecule has 0 spiro atoms. The maximum atomic E-state index is 6.01. The molecule has 0 aromatic heterocycles. The van der Waals surface area contributed by atoms with E-state index in [9.17, 15) is 0 Å². The number of benzene rings is 1. The standard InChI is InChI=1S/C8H9ClSi.CH4/c1-2-10(9)8-6-4-3-5-7-8;/h2-7,10H,1H2;1H4. The van der Waals surface area contributed by atoms with Crippen LogP contribution < -0.4 is 5.19 Å². The van der Waals surface area contributed by atoms with E-state index in [-0.39, 0.29) is 7.43 Å². The molecule has 0 amide bonds. The molecular formula is C9H13ClSi. The van der Waals surface area contributed by atoms with E-state index in [4.69, 9.17) is 11.1 Å². The van der Waals surface area contributed by atoms with Gasteiger partial charge < -0.3 is 0 Å². The number of hydrogen-bond acceptors (Lipinski definition) is 0. The minimum atomic E-state index is -1.30. The normalized spacial score (nSPS) is 11.4. The molecule has 1 unspecified atom stereocenters. The van der Waals surface area contributed by atoms with Crippen LogP contribution in [-0.4, -0.2) is 8.11 Å². The van der Waals surface area contributed by atoms with Crippen molar-refractivity contribution in [2.45, 2.75) is 7.43 Å². The lowest BCUT2D eigenvalue weighted by atomic mass is 10.4. The molecule has 0 fully saturated rings. The summed E-state index contributed by atoms with van der Waals surface area (Å²) in [7, 11) is -1.30. The lowest BCUT2D eigenvalue weighted by Gasteiger charge is -1.99. The molecule has 0 aliphatic heterocycles. The second-order valence-electron chi connectivity index (χ2n) is 2.05. The van der Waals surface area contributed by atoms with Crippen LogP contribution in [0.4, 0.5) is 0 Å². The van der Waals surface area contributed by atoms with Crippen LogP contribution in [0, 0.1) is 0 Å². The molecule has 0 N–H and O–H groups in total. The van der Waals surface area contributed by atoms with Crippen molar-refractivity contribution in [1.82, 2.24) is 0 Å². The Hall–Kier alpha value is -0.533. The number of halogens is 1. The Morgan fingerprint density at radius 2 is 1.82 bits per heavy atom. The van der Waals surface area contributed by atoms with E-state index in [1.54, 1.807) is 0 Å². The molecular weight excluding hydrogens is 172 g/mol. The maximum Gasteiger partial charge on any atom is 0.194 e. The summed E-state index contributed by atoms with van der Waals surface area (Å²) in [6.45, 7) is 3.67. The van der Waals surface area contributed by atoms with Crippen molar-refractivity contribution in [2.24, 2.45) is 0 Å². The Morgan fingerprint density at radius 3 is 2.27 bits per heavy atom. The molecule has 0 bridgehead atoms. The highest BCUT2D eigenvalue weighted by Gasteiger charge is 2.01. The van der Waals surface area contributed by atoms with Crippen molar-refractivity contribution in [3.05, 3.63) is 42.6 Å². The van der Waals surface area contributed by atoms with E-state index >= 15 is 0 Å². The van der Waals surface area contributed by atoms with Gasteiger partial charge in [0.1, 0.15) is 0 Å². The molecule has 0 aliphatic rings. The van der Waals surface area contributed by atoms with Crippen molar-refractivity contribution in [2.75, 3.05) is 0 Å². The smallest absolute Gasteiger partial charge is 0.160 e. The second-order valence-corrected chi connectivity index (χ2v) is 5.40. The molecule has 1 aromatic carbocycles. The van der Waals surface area contributed by atoms with Gasteiger partial charge in [-0.3, -0.25) is 0 Å². The van der Waals surface area contributed by atoms with Crippen LogP contribution in [0.2, 0.25) is 0 Å². The van der Waals surface area contributed by atoms with Crippen LogP contribution in [0.1, 0.15) is 7.43 Å². The van der Waals surface area contributed by atoms with Gasteiger partial charge in [-0.15, -0.1) is 6.58 Å². The molecule has 1 aromatic rings. The van der Waals surface area contributed by atoms with Gasteiger partial charge in [0, 0.05) is 0 Å². The van der Waals surface area contributed by atoms with Gasteiger partial charge in [-0.25, -0.2) is 0 Å². The van der Waals surface area contributed by atoms with E-state index in [1.165, 1.54) is 5.19 Å². The Morgan fingerprint density at radius 1 is 1.27 bits per heavy atom. The fourth-order valence-electron chi connectivity index (χ4n) is 0.773.